The Hall–Kier alpha value is -3.33. The van der Waals surface area contributed by atoms with Crippen LogP contribution >= 0.6 is 0 Å². The van der Waals surface area contributed by atoms with E-state index in [9.17, 15) is 18.7 Å². The lowest BCUT2D eigenvalue weighted by Crippen LogP contribution is -2.47. The maximum atomic E-state index is 14.6. The number of fused-ring (bicyclic) bond motifs is 3. The van der Waals surface area contributed by atoms with Gasteiger partial charge in [0.05, 0.1) is 11.6 Å². The molecule has 0 saturated heterocycles. The van der Waals surface area contributed by atoms with E-state index in [0.29, 0.717) is 23.1 Å². The molecule has 30 heavy (non-hydrogen) atoms. The fourth-order valence-corrected chi connectivity index (χ4v) is 4.46. The van der Waals surface area contributed by atoms with Crippen molar-refractivity contribution in [3.63, 3.8) is 0 Å². The SMILES string of the molecule is C#CC(=O)N1C(c2ccc(F)cc2)c2[nH]c3c(F)cc(O)cc3c2C[C@@H]1CCCC. The highest BCUT2D eigenvalue weighted by Gasteiger charge is 2.40. The van der Waals surface area contributed by atoms with Gasteiger partial charge in [-0.3, -0.25) is 4.79 Å². The molecule has 4 rings (SSSR count). The number of hydrogen-bond donors (Lipinski definition) is 2. The molecule has 154 valence electrons. The topological polar surface area (TPSA) is 56.3 Å². The molecule has 0 spiro atoms. The van der Waals surface area contributed by atoms with E-state index in [1.54, 1.807) is 17.0 Å². The third kappa shape index (κ3) is 3.30. The predicted octanol–water partition coefficient (Wildman–Crippen LogP) is 4.82. The van der Waals surface area contributed by atoms with Gasteiger partial charge in [-0.1, -0.05) is 31.9 Å². The van der Waals surface area contributed by atoms with Crippen LogP contribution in [0.15, 0.2) is 36.4 Å². The summed E-state index contributed by atoms with van der Waals surface area (Å²) in [6, 6.07) is 7.68. The van der Waals surface area contributed by atoms with Gasteiger partial charge in [0, 0.05) is 23.2 Å². The van der Waals surface area contributed by atoms with Gasteiger partial charge in [0.15, 0.2) is 5.82 Å². The highest BCUT2D eigenvalue weighted by Crippen LogP contribution is 2.43. The number of hydrogen-bond acceptors (Lipinski definition) is 2. The minimum Gasteiger partial charge on any atom is -0.508 e. The largest absolute Gasteiger partial charge is 0.508 e. The number of amides is 1. The monoisotopic (exact) mass is 408 g/mol. The van der Waals surface area contributed by atoms with Gasteiger partial charge in [-0.2, -0.15) is 0 Å². The maximum absolute atomic E-state index is 14.6. The third-order valence-corrected chi connectivity index (χ3v) is 5.80. The molecule has 0 aliphatic carbocycles. The number of aromatic hydroxyl groups is 1. The van der Waals surface area contributed by atoms with Crippen LogP contribution in [-0.4, -0.2) is 26.9 Å². The third-order valence-electron chi connectivity index (χ3n) is 5.80. The summed E-state index contributed by atoms with van der Waals surface area (Å²) in [6.07, 6.45) is 8.56. The van der Waals surface area contributed by atoms with Gasteiger partial charge in [-0.15, -0.1) is 6.42 Å². The van der Waals surface area contributed by atoms with E-state index in [-0.39, 0.29) is 23.1 Å². The second-order valence-electron chi connectivity index (χ2n) is 7.68. The highest BCUT2D eigenvalue weighted by atomic mass is 19.1. The standard InChI is InChI=1S/C24H22F2N2O2/c1-3-5-6-16-11-18-19-12-17(29)13-20(26)22(19)27-23(18)24(28(16)21(30)4-2)14-7-9-15(25)10-8-14/h2,7-10,12-13,16,24,27,29H,3,5-6,11H2,1H3/t16-,24?/m0/s1. The molecule has 2 N–H and O–H groups in total. The molecule has 1 aliphatic rings. The Kier molecular flexibility index (Phi) is 5.21. The molecular formula is C24H22F2N2O2. The van der Waals surface area contributed by atoms with Crippen molar-refractivity contribution in [3.8, 4) is 18.1 Å². The summed E-state index contributed by atoms with van der Waals surface area (Å²) < 4.78 is 28.2. The molecular weight excluding hydrogens is 386 g/mol. The van der Waals surface area contributed by atoms with E-state index < -0.39 is 17.8 Å². The number of phenolic OH excluding ortho intramolecular Hbond substituents is 1. The predicted molar refractivity (Wildman–Crippen MR) is 111 cm³/mol. The number of phenols is 1. The Balaban J connectivity index is 1.97. The Bertz CT molecular complexity index is 1140. The van der Waals surface area contributed by atoms with Crippen molar-refractivity contribution in [2.24, 2.45) is 0 Å². The van der Waals surface area contributed by atoms with Crippen LogP contribution < -0.4 is 0 Å². The van der Waals surface area contributed by atoms with Gasteiger partial charge in [-0.05, 0) is 48.1 Å². The van der Waals surface area contributed by atoms with Crippen LogP contribution in [0.25, 0.3) is 10.9 Å². The Morgan fingerprint density at radius 2 is 2.03 bits per heavy atom. The Labute approximate surface area is 173 Å². The van der Waals surface area contributed by atoms with Crippen LogP contribution in [0.4, 0.5) is 8.78 Å². The van der Waals surface area contributed by atoms with E-state index in [1.165, 1.54) is 18.2 Å². The zero-order valence-electron chi connectivity index (χ0n) is 16.6. The van der Waals surface area contributed by atoms with Crippen molar-refractivity contribution in [1.29, 1.82) is 0 Å². The molecule has 1 aliphatic heterocycles. The zero-order valence-corrected chi connectivity index (χ0v) is 16.6. The Morgan fingerprint density at radius 1 is 1.30 bits per heavy atom. The first-order chi connectivity index (χ1) is 14.4. The van der Waals surface area contributed by atoms with Gasteiger partial charge in [0.1, 0.15) is 11.6 Å². The molecule has 0 fully saturated rings. The number of aromatic amines is 1. The molecule has 0 bridgehead atoms. The number of nitrogens with zero attached hydrogens (tertiary/aromatic N) is 1. The molecule has 1 amide bonds. The van der Waals surface area contributed by atoms with Gasteiger partial charge in [0.25, 0.3) is 5.91 Å². The number of H-pyrrole nitrogens is 1. The summed E-state index contributed by atoms with van der Waals surface area (Å²) in [6.45, 7) is 2.07. The molecule has 0 saturated carbocycles. The van der Waals surface area contributed by atoms with Gasteiger partial charge < -0.3 is 15.0 Å². The number of carbonyl (C=O) groups is 1. The number of aromatic nitrogens is 1. The fraction of sp³-hybridized carbons (Fsp3) is 0.292. The summed E-state index contributed by atoms with van der Waals surface area (Å²) >= 11 is 0. The van der Waals surface area contributed by atoms with Gasteiger partial charge in [-0.25, -0.2) is 8.78 Å². The Morgan fingerprint density at radius 3 is 2.70 bits per heavy atom. The summed E-state index contributed by atoms with van der Waals surface area (Å²) in [5, 5.41) is 10.5. The number of nitrogens with one attached hydrogen (secondary N) is 1. The van der Waals surface area contributed by atoms with Gasteiger partial charge in [0.2, 0.25) is 0 Å². The van der Waals surface area contributed by atoms with E-state index in [1.807, 2.05) is 0 Å². The van der Waals surface area contributed by atoms with Crippen LogP contribution in [-0.2, 0) is 11.2 Å². The maximum Gasteiger partial charge on any atom is 0.299 e. The van der Waals surface area contributed by atoms with Crippen LogP contribution in [0.3, 0.4) is 0 Å². The highest BCUT2D eigenvalue weighted by molar-refractivity contribution is 5.95. The molecule has 4 nitrogen and oxygen atoms in total. The normalized spacial score (nSPS) is 18.3. The summed E-state index contributed by atoms with van der Waals surface area (Å²) in [5.74, 6) is 0.641. The molecule has 0 radical (unpaired) electrons. The van der Waals surface area contributed by atoms with E-state index >= 15 is 0 Å². The molecule has 2 aromatic carbocycles. The lowest BCUT2D eigenvalue weighted by Gasteiger charge is -2.41. The zero-order chi connectivity index (χ0) is 21.4. The molecule has 1 unspecified atom stereocenters. The first kappa shape index (κ1) is 20.0. The lowest BCUT2D eigenvalue weighted by atomic mass is 9.86. The van der Waals surface area contributed by atoms with Crippen molar-refractivity contribution >= 4 is 16.8 Å². The molecule has 2 heterocycles. The summed E-state index contributed by atoms with van der Waals surface area (Å²) in [7, 11) is 0. The average molecular weight is 408 g/mol. The fourth-order valence-electron chi connectivity index (χ4n) is 4.46. The summed E-state index contributed by atoms with van der Waals surface area (Å²) in [4.78, 5) is 17.6. The molecule has 6 heteroatoms. The van der Waals surface area contributed by atoms with E-state index in [4.69, 9.17) is 6.42 Å². The number of terminal acetylenes is 1. The van der Waals surface area contributed by atoms with Crippen molar-refractivity contribution in [3.05, 3.63) is 64.9 Å². The van der Waals surface area contributed by atoms with E-state index in [0.717, 1.165) is 30.9 Å². The molecule has 3 aromatic rings. The van der Waals surface area contributed by atoms with Gasteiger partial charge >= 0.3 is 0 Å². The lowest BCUT2D eigenvalue weighted by molar-refractivity contribution is -0.130. The number of benzene rings is 2. The van der Waals surface area contributed by atoms with Crippen LogP contribution in [0.5, 0.6) is 5.75 Å². The van der Waals surface area contributed by atoms with Crippen LogP contribution in [0.1, 0.15) is 49.0 Å². The number of unbranched alkanes of at least 4 members (excludes halogenated alkanes) is 1. The second-order valence-corrected chi connectivity index (χ2v) is 7.68. The smallest absolute Gasteiger partial charge is 0.299 e. The minimum absolute atomic E-state index is 0.160. The van der Waals surface area contributed by atoms with Crippen LogP contribution in [0, 0.1) is 24.0 Å². The van der Waals surface area contributed by atoms with Crippen molar-refractivity contribution < 1.29 is 18.7 Å². The van der Waals surface area contributed by atoms with Crippen molar-refractivity contribution in [1.82, 2.24) is 9.88 Å². The minimum atomic E-state index is -0.603. The average Bonchev–Trinajstić information content (AvgIpc) is 3.10. The first-order valence-electron chi connectivity index (χ1n) is 10.0. The second kappa shape index (κ2) is 7.83. The van der Waals surface area contributed by atoms with Crippen molar-refractivity contribution in [2.75, 3.05) is 0 Å². The number of rotatable bonds is 4. The number of carbonyl (C=O) groups excluding carboxylic acids is 1. The molecule has 1 aromatic heterocycles. The first-order valence-corrected chi connectivity index (χ1v) is 10.0. The quantitative estimate of drug-likeness (QED) is 0.609. The summed E-state index contributed by atoms with van der Waals surface area (Å²) in [5.41, 5.74) is 2.43. The van der Waals surface area contributed by atoms with Crippen LogP contribution in [0.2, 0.25) is 0 Å². The van der Waals surface area contributed by atoms with Crippen molar-refractivity contribution in [2.45, 2.75) is 44.7 Å². The van der Waals surface area contributed by atoms with E-state index in [2.05, 4.69) is 17.8 Å². The molecule has 2 atom stereocenters. The number of halogens is 2.